The zero-order chi connectivity index (χ0) is 31.6. The molecule has 2 aromatic carbocycles. The molecule has 7 rings (SSSR count). The van der Waals surface area contributed by atoms with Gasteiger partial charge in [-0.2, -0.15) is 0 Å². The van der Waals surface area contributed by atoms with E-state index in [9.17, 15) is 18.8 Å². The number of hydrogen-bond acceptors (Lipinski definition) is 9. The summed E-state index contributed by atoms with van der Waals surface area (Å²) in [6.45, 7) is 0.726. The number of rotatable bonds is 4. The summed E-state index contributed by atoms with van der Waals surface area (Å²) < 4.78 is 62.8. The molecule has 14 heteroatoms. The number of thiazole rings is 1. The number of methoxy groups -OCH3 is 1. The molecular formula is C31H25F3N4O6S. The molecular weight excluding hydrogens is 613 g/mol. The van der Waals surface area contributed by atoms with Gasteiger partial charge in [0, 0.05) is 30.8 Å². The first-order valence-electron chi connectivity index (χ1n) is 14.0. The second-order valence-electron chi connectivity index (χ2n) is 11.1. The molecule has 2 aliphatic heterocycles. The van der Waals surface area contributed by atoms with E-state index in [0.29, 0.717) is 21.6 Å². The Kier molecular flexibility index (Phi) is 6.84. The molecule has 10 nitrogen and oxygen atoms in total. The third kappa shape index (κ3) is 4.54. The molecule has 1 saturated heterocycles. The standard InChI is InChI=1S/C31H25F3N4O6S/c1-31(34)10-12-36-21(13-31)38(37-11-9-20(39)27(26(37)29(36)40)43-15-44-30(41)42-2)25-16-5-3-4-6-17(16)28-24(35-14-45-28)22-18(25)7-8-19(32)23(22)33/h3-9,11,14,21,25H,10,12-13,15H2,1-2H3/t21-,25-,31?/m1/s1. The maximum atomic E-state index is 15.9. The van der Waals surface area contributed by atoms with Crippen LogP contribution in [0.25, 0.3) is 21.7 Å². The van der Waals surface area contributed by atoms with Crippen LogP contribution in [-0.4, -0.2) is 58.9 Å². The zero-order valence-corrected chi connectivity index (χ0v) is 24.8. The predicted molar refractivity (Wildman–Crippen MR) is 156 cm³/mol. The van der Waals surface area contributed by atoms with Crippen molar-refractivity contribution >= 4 is 23.4 Å². The van der Waals surface area contributed by atoms with Gasteiger partial charge in [-0.05, 0) is 36.1 Å². The number of amides is 1. The Morgan fingerprint density at radius 2 is 1.93 bits per heavy atom. The molecule has 0 N–H and O–H groups in total. The molecule has 232 valence electrons. The molecule has 1 amide bonds. The number of aromatic nitrogens is 2. The molecule has 3 atom stereocenters. The number of carbonyl (C=O) groups excluding carboxylic acids is 2. The van der Waals surface area contributed by atoms with Gasteiger partial charge in [0.2, 0.25) is 18.0 Å². The molecule has 0 radical (unpaired) electrons. The maximum absolute atomic E-state index is 15.9. The minimum atomic E-state index is -1.68. The summed E-state index contributed by atoms with van der Waals surface area (Å²) in [6.07, 6.45) is -0.706. The minimum Gasteiger partial charge on any atom is -0.451 e. The van der Waals surface area contributed by atoms with Crippen LogP contribution in [0, 0.1) is 11.6 Å². The van der Waals surface area contributed by atoms with Crippen LogP contribution < -0.4 is 15.2 Å². The molecule has 0 spiro atoms. The van der Waals surface area contributed by atoms with Crippen LogP contribution in [0.2, 0.25) is 0 Å². The van der Waals surface area contributed by atoms with Gasteiger partial charge in [-0.15, -0.1) is 11.3 Å². The molecule has 2 aromatic heterocycles. The van der Waals surface area contributed by atoms with Gasteiger partial charge < -0.3 is 19.1 Å². The van der Waals surface area contributed by atoms with Gasteiger partial charge in [-0.25, -0.2) is 22.9 Å². The van der Waals surface area contributed by atoms with Crippen molar-refractivity contribution < 1.29 is 37.0 Å². The number of fused-ring (bicyclic) bond motifs is 7. The van der Waals surface area contributed by atoms with Crippen molar-refractivity contribution in [3.63, 3.8) is 0 Å². The number of nitrogens with zero attached hydrogens (tertiary/aromatic N) is 4. The van der Waals surface area contributed by atoms with Gasteiger partial charge in [0.05, 0.1) is 29.2 Å². The van der Waals surface area contributed by atoms with E-state index in [1.807, 2.05) is 18.2 Å². The SMILES string of the molecule is COC(=O)OCOc1c2n(ccc1=O)N([C@@H]1c3ccccc3-c3scnc3-c3c1ccc(F)c3F)[C@@H]1CC(C)(F)CCN1C2=O. The third-order valence-corrected chi connectivity index (χ3v) is 9.29. The molecule has 4 heterocycles. The van der Waals surface area contributed by atoms with Crippen molar-refractivity contribution in [2.45, 2.75) is 37.6 Å². The van der Waals surface area contributed by atoms with Crippen molar-refractivity contribution in [3.8, 4) is 27.4 Å². The van der Waals surface area contributed by atoms with Crippen molar-refractivity contribution in [1.29, 1.82) is 0 Å². The minimum absolute atomic E-state index is 0.00207. The van der Waals surface area contributed by atoms with Gasteiger partial charge in [0.15, 0.2) is 17.3 Å². The number of ether oxygens (including phenoxy) is 3. The van der Waals surface area contributed by atoms with E-state index in [2.05, 4.69) is 9.72 Å². The fourth-order valence-electron chi connectivity index (χ4n) is 6.42. The van der Waals surface area contributed by atoms with Crippen LogP contribution in [-0.2, 0) is 9.47 Å². The van der Waals surface area contributed by atoms with E-state index in [-0.39, 0.29) is 36.3 Å². The van der Waals surface area contributed by atoms with E-state index in [1.165, 1.54) is 40.1 Å². The molecule has 1 unspecified atom stereocenters. The van der Waals surface area contributed by atoms with E-state index in [0.717, 1.165) is 19.2 Å². The third-order valence-electron chi connectivity index (χ3n) is 8.43. The highest BCUT2D eigenvalue weighted by Crippen LogP contribution is 2.51. The smallest absolute Gasteiger partial charge is 0.451 e. The number of hydrogen-bond donors (Lipinski definition) is 0. The lowest BCUT2D eigenvalue weighted by Crippen LogP contribution is -2.66. The number of halogens is 3. The lowest BCUT2D eigenvalue weighted by Gasteiger charge is -2.53. The van der Waals surface area contributed by atoms with E-state index in [4.69, 9.17) is 9.47 Å². The number of carbonyl (C=O) groups is 2. The van der Waals surface area contributed by atoms with Crippen molar-refractivity contribution in [2.24, 2.45) is 0 Å². The lowest BCUT2D eigenvalue weighted by molar-refractivity contribution is 0.00306. The summed E-state index contributed by atoms with van der Waals surface area (Å²) in [5.41, 5.74) is 0.905. The summed E-state index contributed by atoms with van der Waals surface area (Å²) >= 11 is 1.27. The van der Waals surface area contributed by atoms with Crippen molar-refractivity contribution in [1.82, 2.24) is 14.6 Å². The lowest BCUT2D eigenvalue weighted by atomic mass is 9.88. The van der Waals surface area contributed by atoms with Crippen molar-refractivity contribution in [2.75, 3.05) is 25.5 Å². The number of piperidine rings is 1. The number of pyridine rings is 1. The normalized spacial score (nSPS) is 21.5. The zero-order valence-electron chi connectivity index (χ0n) is 24.0. The predicted octanol–water partition coefficient (Wildman–Crippen LogP) is 5.38. The first-order valence-corrected chi connectivity index (χ1v) is 14.9. The van der Waals surface area contributed by atoms with Gasteiger partial charge in [0.1, 0.15) is 11.8 Å². The van der Waals surface area contributed by atoms with Crippen LogP contribution in [0.5, 0.6) is 5.75 Å². The number of alkyl halides is 1. The summed E-state index contributed by atoms with van der Waals surface area (Å²) in [5.74, 6) is -3.17. The van der Waals surface area contributed by atoms with Gasteiger partial charge in [0.25, 0.3) is 5.91 Å². The highest BCUT2D eigenvalue weighted by atomic mass is 32.1. The molecule has 0 saturated carbocycles. The summed E-state index contributed by atoms with van der Waals surface area (Å²) in [5, 5.41) is 1.70. The van der Waals surface area contributed by atoms with Crippen LogP contribution in [0.15, 0.2) is 59.0 Å². The quantitative estimate of drug-likeness (QED) is 0.217. The summed E-state index contributed by atoms with van der Waals surface area (Å²) in [6, 6.07) is 10.0. The molecule has 0 bridgehead atoms. The Morgan fingerprint density at radius 1 is 1.13 bits per heavy atom. The Balaban J connectivity index is 1.51. The molecule has 4 aromatic rings. The molecule has 45 heavy (non-hydrogen) atoms. The fourth-order valence-corrected chi connectivity index (χ4v) is 7.26. The molecule has 1 aliphatic carbocycles. The largest absolute Gasteiger partial charge is 0.510 e. The van der Waals surface area contributed by atoms with E-state index < -0.39 is 59.5 Å². The topological polar surface area (TPSA) is 103 Å². The summed E-state index contributed by atoms with van der Waals surface area (Å²) in [7, 11) is 1.10. The average molecular weight is 639 g/mol. The Hall–Kier alpha value is -4.85. The monoisotopic (exact) mass is 638 g/mol. The van der Waals surface area contributed by atoms with Crippen LogP contribution in [0.1, 0.15) is 47.4 Å². The second-order valence-corrected chi connectivity index (χ2v) is 12.0. The van der Waals surface area contributed by atoms with Crippen LogP contribution in [0.4, 0.5) is 18.0 Å². The fraction of sp³-hybridized carbons (Fsp3) is 0.290. The van der Waals surface area contributed by atoms with Crippen molar-refractivity contribution in [3.05, 3.63) is 92.9 Å². The highest BCUT2D eigenvalue weighted by molar-refractivity contribution is 7.13. The van der Waals surface area contributed by atoms with Crippen LogP contribution >= 0.6 is 11.3 Å². The Labute approximate surface area is 258 Å². The number of benzene rings is 2. The highest BCUT2D eigenvalue weighted by Gasteiger charge is 2.50. The average Bonchev–Trinajstić information content (AvgIpc) is 3.46. The first-order chi connectivity index (χ1) is 21.6. The Bertz CT molecular complexity index is 1930. The van der Waals surface area contributed by atoms with Gasteiger partial charge in [-0.3, -0.25) is 19.3 Å². The summed E-state index contributed by atoms with van der Waals surface area (Å²) in [4.78, 5) is 45.3. The van der Waals surface area contributed by atoms with Gasteiger partial charge in [-0.1, -0.05) is 30.3 Å². The first kappa shape index (κ1) is 28.9. The van der Waals surface area contributed by atoms with Crippen LogP contribution in [0.3, 0.4) is 0 Å². The second kappa shape index (κ2) is 10.6. The maximum Gasteiger partial charge on any atom is 0.510 e. The molecule has 3 aliphatic rings. The van der Waals surface area contributed by atoms with E-state index >= 15 is 8.78 Å². The van der Waals surface area contributed by atoms with E-state index in [1.54, 1.807) is 16.6 Å². The van der Waals surface area contributed by atoms with Gasteiger partial charge >= 0.3 is 6.16 Å². The molecule has 1 fully saturated rings. The Morgan fingerprint density at radius 3 is 2.73 bits per heavy atom.